The standard InChI is InChI=1S/C27H36N8O5.ClH/c1-16-23(40-16)27(39)31-19-12-22(35(6)15-19)26(38)30-18-11-21(34(5)14-18)25(37)29-17-10-20(33(4)13-17)24(36)28-8-7-9-32(2)3;/h10-16,23H,7-9H2,1-6H3,(H,28,36)(H,29,37)(H,30,38)(H,31,39);1H. The molecule has 0 spiro atoms. The predicted octanol–water partition coefficient (Wildman–Crippen LogP) is 2.04. The van der Waals surface area contributed by atoms with Crippen LogP contribution in [0.25, 0.3) is 0 Å². The maximum Gasteiger partial charge on any atom is 0.272 e. The van der Waals surface area contributed by atoms with Gasteiger partial charge in [0, 0.05) is 46.3 Å². The van der Waals surface area contributed by atoms with Crippen LogP contribution in [0.15, 0.2) is 36.8 Å². The summed E-state index contributed by atoms with van der Waals surface area (Å²) in [5, 5.41) is 11.2. The second kappa shape index (κ2) is 13.1. The van der Waals surface area contributed by atoms with Crippen molar-refractivity contribution in [2.75, 3.05) is 43.1 Å². The molecule has 3 aromatic heterocycles. The van der Waals surface area contributed by atoms with E-state index in [4.69, 9.17) is 4.74 Å². The highest BCUT2D eigenvalue weighted by molar-refractivity contribution is 6.08. The minimum atomic E-state index is -0.468. The summed E-state index contributed by atoms with van der Waals surface area (Å²) >= 11 is 0. The van der Waals surface area contributed by atoms with Crippen LogP contribution in [0.1, 0.15) is 44.8 Å². The molecule has 4 amide bonds. The Balaban J connectivity index is 0.00000462. The van der Waals surface area contributed by atoms with Crippen molar-refractivity contribution in [1.29, 1.82) is 0 Å². The molecule has 4 heterocycles. The molecule has 4 N–H and O–H groups in total. The van der Waals surface area contributed by atoms with Crippen molar-refractivity contribution in [2.45, 2.75) is 25.6 Å². The first-order valence-corrected chi connectivity index (χ1v) is 12.9. The lowest BCUT2D eigenvalue weighted by Gasteiger charge is -2.10. The number of amides is 4. The third-order valence-corrected chi connectivity index (χ3v) is 6.53. The van der Waals surface area contributed by atoms with E-state index in [0.29, 0.717) is 40.7 Å². The zero-order valence-corrected chi connectivity index (χ0v) is 24.8. The molecule has 1 aliphatic rings. The Morgan fingerprint density at radius 3 is 1.61 bits per heavy atom. The first-order valence-electron chi connectivity index (χ1n) is 12.9. The van der Waals surface area contributed by atoms with Gasteiger partial charge in [-0.2, -0.15) is 0 Å². The van der Waals surface area contributed by atoms with Crippen LogP contribution in [0.4, 0.5) is 17.1 Å². The number of anilines is 3. The van der Waals surface area contributed by atoms with Gasteiger partial charge in [0.15, 0.2) is 6.10 Å². The molecule has 1 fully saturated rings. The third-order valence-electron chi connectivity index (χ3n) is 6.53. The number of aryl methyl sites for hydroxylation is 3. The Hall–Kier alpha value is -4.07. The summed E-state index contributed by atoms with van der Waals surface area (Å²) in [4.78, 5) is 52.6. The van der Waals surface area contributed by atoms with Gasteiger partial charge < -0.3 is 44.6 Å². The minimum absolute atomic E-state index is 0. The molecule has 14 heteroatoms. The zero-order chi connectivity index (χ0) is 29.1. The average Bonchev–Trinajstić information content (AvgIpc) is 3.14. The highest BCUT2D eigenvalue weighted by Crippen LogP contribution is 2.24. The van der Waals surface area contributed by atoms with Gasteiger partial charge in [0.05, 0.1) is 23.2 Å². The van der Waals surface area contributed by atoms with Crippen LogP contribution in [0.2, 0.25) is 0 Å². The highest BCUT2D eigenvalue weighted by Gasteiger charge is 2.41. The van der Waals surface area contributed by atoms with Crippen molar-refractivity contribution in [3.63, 3.8) is 0 Å². The number of nitrogens with zero attached hydrogens (tertiary/aromatic N) is 4. The van der Waals surface area contributed by atoms with Gasteiger partial charge >= 0.3 is 0 Å². The van der Waals surface area contributed by atoms with E-state index in [-0.39, 0.29) is 30.3 Å². The molecule has 3 aromatic rings. The van der Waals surface area contributed by atoms with Gasteiger partial charge in [-0.15, -0.1) is 12.4 Å². The molecule has 222 valence electrons. The Labute approximate surface area is 244 Å². The van der Waals surface area contributed by atoms with E-state index in [0.717, 1.165) is 13.0 Å². The molecule has 1 saturated heterocycles. The fourth-order valence-corrected chi connectivity index (χ4v) is 4.33. The van der Waals surface area contributed by atoms with Crippen molar-refractivity contribution in [2.24, 2.45) is 21.1 Å². The summed E-state index contributed by atoms with van der Waals surface area (Å²) in [5.74, 6) is -1.27. The van der Waals surface area contributed by atoms with Gasteiger partial charge in [0.1, 0.15) is 17.1 Å². The first kappa shape index (κ1) is 31.5. The van der Waals surface area contributed by atoms with Crippen LogP contribution >= 0.6 is 12.4 Å². The first-order chi connectivity index (χ1) is 18.9. The summed E-state index contributed by atoms with van der Waals surface area (Å²) < 4.78 is 10.0. The van der Waals surface area contributed by atoms with Crippen LogP contribution in [-0.4, -0.2) is 81.6 Å². The summed E-state index contributed by atoms with van der Waals surface area (Å²) in [6.45, 7) is 3.23. The second-order valence-electron chi connectivity index (χ2n) is 10.2. The number of hydrogen-bond acceptors (Lipinski definition) is 6. The maximum absolute atomic E-state index is 13.0. The normalized spacial score (nSPS) is 15.7. The Bertz CT molecular complexity index is 1440. The largest absolute Gasteiger partial charge is 0.359 e. The molecule has 0 aliphatic carbocycles. The lowest BCUT2D eigenvalue weighted by atomic mass is 10.3. The van der Waals surface area contributed by atoms with Crippen molar-refractivity contribution in [3.8, 4) is 0 Å². The lowest BCUT2D eigenvalue weighted by Crippen LogP contribution is -2.28. The molecule has 0 saturated carbocycles. The number of epoxide rings is 1. The van der Waals surface area contributed by atoms with Crippen molar-refractivity contribution in [1.82, 2.24) is 23.9 Å². The number of nitrogens with one attached hydrogen (secondary N) is 4. The third kappa shape index (κ3) is 7.78. The van der Waals surface area contributed by atoms with Crippen molar-refractivity contribution < 1.29 is 23.9 Å². The smallest absolute Gasteiger partial charge is 0.272 e. The number of aromatic nitrogens is 3. The van der Waals surface area contributed by atoms with E-state index in [1.165, 1.54) is 0 Å². The highest BCUT2D eigenvalue weighted by atomic mass is 35.5. The average molecular weight is 589 g/mol. The molecule has 0 radical (unpaired) electrons. The van der Waals surface area contributed by atoms with Gasteiger partial charge in [-0.25, -0.2) is 0 Å². The number of halogens is 1. The fourth-order valence-electron chi connectivity index (χ4n) is 4.33. The van der Waals surface area contributed by atoms with Gasteiger partial charge in [-0.05, 0) is 52.2 Å². The van der Waals surface area contributed by atoms with E-state index in [2.05, 4.69) is 21.3 Å². The maximum atomic E-state index is 13.0. The van der Waals surface area contributed by atoms with E-state index >= 15 is 0 Å². The monoisotopic (exact) mass is 588 g/mol. The van der Waals surface area contributed by atoms with E-state index in [9.17, 15) is 19.2 Å². The SMILES string of the molecule is CC1OC1C(=O)Nc1cc(C(=O)Nc2cc(C(=O)Nc3cc(C(=O)NCCCN(C)C)n(C)c3)n(C)c2)n(C)c1.Cl. The molecule has 0 bridgehead atoms. The number of carbonyl (C=O) groups is 4. The second-order valence-corrected chi connectivity index (χ2v) is 10.2. The predicted molar refractivity (Wildman–Crippen MR) is 158 cm³/mol. The van der Waals surface area contributed by atoms with Crippen LogP contribution in [0.3, 0.4) is 0 Å². The van der Waals surface area contributed by atoms with Gasteiger partial charge in [-0.1, -0.05) is 0 Å². The Kier molecular flexibility index (Phi) is 10.0. The van der Waals surface area contributed by atoms with Crippen molar-refractivity contribution in [3.05, 3.63) is 53.9 Å². The van der Waals surface area contributed by atoms with Gasteiger partial charge in [-0.3, -0.25) is 19.2 Å². The fraction of sp³-hybridized carbons (Fsp3) is 0.407. The lowest BCUT2D eigenvalue weighted by molar-refractivity contribution is -0.117. The molecule has 41 heavy (non-hydrogen) atoms. The van der Waals surface area contributed by atoms with Gasteiger partial charge in [0.25, 0.3) is 23.6 Å². The number of rotatable bonds is 11. The molecular weight excluding hydrogens is 552 g/mol. The van der Waals surface area contributed by atoms with Crippen LogP contribution in [-0.2, 0) is 30.7 Å². The van der Waals surface area contributed by atoms with Crippen molar-refractivity contribution >= 4 is 53.1 Å². The zero-order valence-electron chi connectivity index (χ0n) is 24.0. The Morgan fingerprint density at radius 1 is 0.780 bits per heavy atom. The molecule has 4 rings (SSSR count). The number of hydrogen-bond donors (Lipinski definition) is 4. The van der Waals surface area contributed by atoms with E-state index in [1.807, 2.05) is 25.9 Å². The topological polar surface area (TPSA) is 147 Å². The summed E-state index contributed by atoms with van der Waals surface area (Å²) in [6.07, 6.45) is 5.19. The molecule has 1 aliphatic heterocycles. The van der Waals surface area contributed by atoms with Crippen LogP contribution in [0, 0.1) is 0 Å². The quantitative estimate of drug-likeness (QED) is 0.199. The van der Waals surface area contributed by atoms with E-state index in [1.54, 1.807) is 71.6 Å². The molecular formula is C27H37ClN8O5. The van der Waals surface area contributed by atoms with Gasteiger partial charge in [0.2, 0.25) is 0 Å². The summed E-state index contributed by atoms with van der Waals surface area (Å²) in [7, 11) is 9.08. The van der Waals surface area contributed by atoms with Crippen LogP contribution in [0.5, 0.6) is 0 Å². The molecule has 2 atom stereocenters. The molecule has 2 unspecified atom stereocenters. The van der Waals surface area contributed by atoms with Crippen LogP contribution < -0.4 is 21.3 Å². The minimum Gasteiger partial charge on any atom is -0.359 e. The molecule has 0 aromatic carbocycles. The molecule has 13 nitrogen and oxygen atoms in total. The Morgan fingerprint density at radius 2 is 1.20 bits per heavy atom. The summed E-state index contributed by atoms with van der Waals surface area (Å²) in [5.41, 5.74) is 2.45. The number of ether oxygens (including phenoxy) is 1. The number of carbonyl (C=O) groups excluding carboxylic acids is 4. The summed E-state index contributed by atoms with van der Waals surface area (Å²) in [6, 6.07) is 4.75. The van der Waals surface area contributed by atoms with E-state index < -0.39 is 17.9 Å².